The second-order valence-corrected chi connectivity index (χ2v) is 3.58. The van der Waals surface area contributed by atoms with Crippen LogP contribution < -0.4 is 0 Å². The first kappa shape index (κ1) is 10.7. The van der Waals surface area contributed by atoms with Crippen LogP contribution in [-0.4, -0.2) is 16.9 Å². The molecular formula is C11H14O3. The molecule has 3 nitrogen and oxygen atoms in total. The first-order valence-corrected chi connectivity index (χ1v) is 4.45. The highest BCUT2D eigenvalue weighted by molar-refractivity contribution is 5.72. The Morgan fingerprint density at radius 3 is 2.43 bits per heavy atom. The monoisotopic (exact) mass is 194 g/mol. The fourth-order valence-corrected chi connectivity index (χ4v) is 1.08. The number of carbonyl (C=O) groups is 1. The van der Waals surface area contributed by atoms with Gasteiger partial charge in [-0.05, 0) is 5.56 Å². The van der Waals surface area contributed by atoms with Crippen LogP contribution in [0.5, 0.6) is 0 Å². The highest BCUT2D eigenvalue weighted by Gasteiger charge is 2.18. The number of ether oxygens (including phenoxy) is 1. The zero-order valence-electron chi connectivity index (χ0n) is 8.36. The molecule has 0 aromatic heterocycles. The summed E-state index contributed by atoms with van der Waals surface area (Å²) in [5.74, 6) is -1.82. The summed E-state index contributed by atoms with van der Waals surface area (Å²) in [6, 6.07) is 9.27. The quantitative estimate of drug-likeness (QED) is 0.586. The SMILES string of the molecule is CC(C)(O)OC(=O)Cc1ccccc1. The molecule has 14 heavy (non-hydrogen) atoms. The van der Waals surface area contributed by atoms with Crippen molar-refractivity contribution in [2.24, 2.45) is 0 Å². The van der Waals surface area contributed by atoms with Crippen LogP contribution in [0.3, 0.4) is 0 Å². The van der Waals surface area contributed by atoms with Crippen LogP contribution in [0.4, 0.5) is 0 Å². The van der Waals surface area contributed by atoms with Crippen molar-refractivity contribution < 1.29 is 14.6 Å². The summed E-state index contributed by atoms with van der Waals surface area (Å²) in [6.45, 7) is 2.85. The molecule has 1 N–H and O–H groups in total. The molecule has 0 bridgehead atoms. The van der Waals surface area contributed by atoms with E-state index in [-0.39, 0.29) is 6.42 Å². The van der Waals surface area contributed by atoms with Gasteiger partial charge in [-0.25, -0.2) is 0 Å². The van der Waals surface area contributed by atoms with Gasteiger partial charge in [-0.2, -0.15) is 0 Å². The van der Waals surface area contributed by atoms with Gasteiger partial charge in [-0.15, -0.1) is 0 Å². The molecule has 1 aromatic carbocycles. The Bertz CT molecular complexity index is 298. The lowest BCUT2D eigenvalue weighted by Gasteiger charge is -2.17. The van der Waals surface area contributed by atoms with E-state index >= 15 is 0 Å². The number of esters is 1. The first-order valence-electron chi connectivity index (χ1n) is 4.45. The van der Waals surface area contributed by atoms with Crippen LogP contribution in [0.2, 0.25) is 0 Å². The van der Waals surface area contributed by atoms with Crippen molar-refractivity contribution in [1.29, 1.82) is 0 Å². The Kier molecular flexibility index (Phi) is 3.25. The molecule has 1 rings (SSSR count). The van der Waals surface area contributed by atoms with E-state index in [2.05, 4.69) is 0 Å². The summed E-state index contributed by atoms with van der Waals surface area (Å²) < 4.78 is 4.76. The molecule has 1 aromatic rings. The van der Waals surface area contributed by atoms with E-state index in [9.17, 15) is 9.90 Å². The Balaban J connectivity index is 2.50. The van der Waals surface area contributed by atoms with Gasteiger partial charge in [0.1, 0.15) is 0 Å². The van der Waals surface area contributed by atoms with Crippen molar-refractivity contribution in [3.8, 4) is 0 Å². The number of benzene rings is 1. The second-order valence-electron chi connectivity index (χ2n) is 3.58. The molecule has 0 amide bonds. The summed E-state index contributed by atoms with van der Waals surface area (Å²) in [5.41, 5.74) is 0.877. The maximum Gasteiger partial charge on any atom is 0.312 e. The highest BCUT2D eigenvalue weighted by atomic mass is 16.7. The van der Waals surface area contributed by atoms with Crippen LogP contribution in [-0.2, 0) is 16.0 Å². The normalized spacial score (nSPS) is 11.1. The molecule has 0 saturated carbocycles. The minimum Gasteiger partial charge on any atom is -0.434 e. The topological polar surface area (TPSA) is 46.5 Å². The molecule has 0 aliphatic carbocycles. The molecule has 3 heteroatoms. The van der Waals surface area contributed by atoms with Gasteiger partial charge in [-0.1, -0.05) is 30.3 Å². The number of hydrogen-bond acceptors (Lipinski definition) is 3. The predicted molar refractivity (Wildman–Crippen MR) is 52.5 cm³/mol. The van der Waals surface area contributed by atoms with Crippen LogP contribution in [0.15, 0.2) is 30.3 Å². The van der Waals surface area contributed by atoms with Crippen molar-refractivity contribution in [3.63, 3.8) is 0 Å². The van der Waals surface area contributed by atoms with Gasteiger partial charge in [0.2, 0.25) is 5.79 Å². The molecular weight excluding hydrogens is 180 g/mol. The number of aliphatic hydroxyl groups is 1. The largest absolute Gasteiger partial charge is 0.434 e. The van der Waals surface area contributed by atoms with Gasteiger partial charge < -0.3 is 9.84 Å². The minimum atomic E-state index is -1.40. The number of rotatable bonds is 3. The van der Waals surface area contributed by atoms with Crippen LogP contribution in [0.25, 0.3) is 0 Å². The average Bonchev–Trinajstić information content (AvgIpc) is 2.02. The third kappa shape index (κ3) is 4.05. The van der Waals surface area contributed by atoms with Gasteiger partial charge in [0, 0.05) is 13.8 Å². The van der Waals surface area contributed by atoms with E-state index in [0.29, 0.717) is 0 Å². The predicted octanol–water partition coefficient (Wildman–Crippen LogP) is 1.50. The van der Waals surface area contributed by atoms with Crippen LogP contribution in [0.1, 0.15) is 19.4 Å². The molecule has 0 fully saturated rings. The van der Waals surface area contributed by atoms with E-state index < -0.39 is 11.8 Å². The summed E-state index contributed by atoms with van der Waals surface area (Å²) in [7, 11) is 0. The second kappa shape index (κ2) is 4.24. The lowest BCUT2D eigenvalue weighted by atomic mass is 10.1. The molecule has 0 saturated heterocycles. The van der Waals surface area contributed by atoms with Crippen molar-refractivity contribution in [2.45, 2.75) is 26.1 Å². The van der Waals surface area contributed by atoms with E-state index in [1.54, 1.807) is 0 Å². The van der Waals surface area contributed by atoms with E-state index in [0.717, 1.165) is 5.56 Å². The van der Waals surface area contributed by atoms with Crippen LogP contribution >= 0.6 is 0 Å². The fraction of sp³-hybridized carbons (Fsp3) is 0.364. The van der Waals surface area contributed by atoms with E-state index in [4.69, 9.17) is 4.74 Å². The van der Waals surface area contributed by atoms with Crippen molar-refractivity contribution in [2.75, 3.05) is 0 Å². The Labute approximate surface area is 83.3 Å². The molecule has 0 aliphatic rings. The summed E-state index contributed by atoms with van der Waals surface area (Å²) in [5, 5.41) is 9.22. The average molecular weight is 194 g/mol. The molecule has 0 aliphatic heterocycles. The summed E-state index contributed by atoms with van der Waals surface area (Å²) >= 11 is 0. The van der Waals surface area contributed by atoms with Gasteiger partial charge in [-0.3, -0.25) is 4.79 Å². The standard InChI is InChI=1S/C11H14O3/c1-11(2,13)14-10(12)8-9-6-4-3-5-7-9/h3-7,13H,8H2,1-2H3. The zero-order chi connectivity index (χ0) is 10.6. The third-order valence-corrected chi connectivity index (χ3v) is 1.55. The smallest absolute Gasteiger partial charge is 0.312 e. The van der Waals surface area contributed by atoms with Crippen molar-refractivity contribution in [1.82, 2.24) is 0 Å². The molecule has 0 spiro atoms. The summed E-state index contributed by atoms with van der Waals surface area (Å²) in [4.78, 5) is 11.2. The minimum absolute atomic E-state index is 0.185. The van der Waals surface area contributed by atoms with Crippen LogP contribution in [0, 0.1) is 0 Å². The van der Waals surface area contributed by atoms with Crippen molar-refractivity contribution >= 4 is 5.97 Å². The highest BCUT2D eigenvalue weighted by Crippen LogP contribution is 2.07. The molecule has 0 heterocycles. The van der Waals surface area contributed by atoms with Crippen molar-refractivity contribution in [3.05, 3.63) is 35.9 Å². The van der Waals surface area contributed by atoms with Gasteiger partial charge >= 0.3 is 5.97 Å². The number of carbonyl (C=O) groups excluding carboxylic acids is 1. The van der Waals surface area contributed by atoms with Gasteiger partial charge in [0.15, 0.2) is 0 Å². The Hall–Kier alpha value is -1.35. The Morgan fingerprint density at radius 1 is 1.36 bits per heavy atom. The maximum atomic E-state index is 11.2. The maximum absolute atomic E-state index is 11.2. The molecule has 0 radical (unpaired) electrons. The molecule has 76 valence electrons. The third-order valence-electron chi connectivity index (χ3n) is 1.55. The summed E-state index contributed by atoms with van der Waals surface area (Å²) in [6.07, 6.45) is 0.185. The Morgan fingerprint density at radius 2 is 1.93 bits per heavy atom. The van der Waals surface area contributed by atoms with E-state index in [1.807, 2.05) is 30.3 Å². The van der Waals surface area contributed by atoms with E-state index in [1.165, 1.54) is 13.8 Å². The molecule has 0 unspecified atom stereocenters. The lowest BCUT2D eigenvalue weighted by molar-refractivity contribution is -0.194. The van der Waals surface area contributed by atoms with Gasteiger partial charge in [0.05, 0.1) is 6.42 Å². The first-order chi connectivity index (χ1) is 6.47. The lowest BCUT2D eigenvalue weighted by Crippen LogP contribution is -2.28. The number of hydrogen-bond donors (Lipinski definition) is 1. The van der Waals surface area contributed by atoms with Gasteiger partial charge in [0.25, 0.3) is 0 Å². The fourth-order valence-electron chi connectivity index (χ4n) is 1.08. The zero-order valence-corrected chi connectivity index (χ0v) is 8.36. The molecule has 0 atom stereocenters.